The van der Waals surface area contributed by atoms with Gasteiger partial charge in [0.25, 0.3) is 5.91 Å². The molecule has 2 aromatic rings. The molecule has 0 spiro atoms. The van der Waals surface area contributed by atoms with E-state index >= 15 is 0 Å². The molecule has 0 saturated carbocycles. The third-order valence-corrected chi connectivity index (χ3v) is 6.83. The van der Waals surface area contributed by atoms with E-state index in [4.69, 9.17) is 9.47 Å². The number of benzene rings is 1. The number of pyridine rings is 1. The van der Waals surface area contributed by atoms with E-state index in [0.717, 1.165) is 18.8 Å². The minimum atomic E-state index is -0.671. The number of carbonyl (C=O) groups is 2. The van der Waals surface area contributed by atoms with Gasteiger partial charge in [-0.1, -0.05) is 0 Å². The monoisotopic (exact) mass is 474 g/mol. The van der Waals surface area contributed by atoms with Crippen molar-refractivity contribution in [1.29, 1.82) is 0 Å². The molecule has 0 bridgehead atoms. The number of fused-ring (bicyclic) bond motifs is 2. The number of amides is 2. The van der Waals surface area contributed by atoms with Crippen LogP contribution >= 0.6 is 11.8 Å². The van der Waals surface area contributed by atoms with Gasteiger partial charge in [-0.2, -0.15) is 11.8 Å². The Bertz CT molecular complexity index is 1110. The zero-order chi connectivity index (χ0) is 23.5. The maximum Gasteiger partial charge on any atom is 0.257 e. The van der Waals surface area contributed by atoms with E-state index in [1.807, 2.05) is 24.8 Å². The Kier molecular flexibility index (Phi) is 7.14. The topological polar surface area (TPSA) is 93.1 Å². The average molecular weight is 475 g/mol. The number of nitrogens with one attached hydrogen (secondary N) is 1. The van der Waals surface area contributed by atoms with Gasteiger partial charge < -0.3 is 29.2 Å². The third kappa shape index (κ3) is 4.81. The van der Waals surface area contributed by atoms with E-state index in [0.29, 0.717) is 48.5 Å². The molecule has 2 aliphatic rings. The zero-order valence-corrected chi connectivity index (χ0v) is 20.1. The summed E-state index contributed by atoms with van der Waals surface area (Å²) in [6, 6.07) is 2.72. The fraction of sp³-hybridized carbons (Fsp3) is 0.522. The predicted octanol–water partition coefficient (Wildman–Crippen LogP) is 1.38. The summed E-state index contributed by atoms with van der Waals surface area (Å²) in [5.41, 5.74) is 0.306. The van der Waals surface area contributed by atoms with Gasteiger partial charge >= 0.3 is 0 Å². The van der Waals surface area contributed by atoms with E-state index in [1.165, 1.54) is 0 Å². The second-order valence-corrected chi connectivity index (χ2v) is 9.30. The van der Waals surface area contributed by atoms with E-state index in [-0.39, 0.29) is 23.7 Å². The first-order valence-electron chi connectivity index (χ1n) is 11.2. The first kappa shape index (κ1) is 23.4. The van der Waals surface area contributed by atoms with Crippen molar-refractivity contribution in [2.45, 2.75) is 25.9 Å². The van der Waals surface area contributed by atoms with E-state index in [9.17, 15) is 14.4 Å². The number of piperazine rings is 1. The van der Waals surface area contributed by atoms with E-state index in [2.05, 4.69) is 10.2 Å². The highest BCUT2D eigenvalue weighted by Gasteiger charge is 2.29. The van der Waals surface area contributed by atoms with Gasteiger partial charge in [0.2, 0.25) is 18.1 Å². The van der Waals surface area contributed by atoms with Crippen LogP contribution < -0.4 is 20.2 Å². The SMILES string of the molecule is CCn1cc(C(=O)N[C@@H](CCSC)C(=O)N2CCN(C)CC2)c(=O)c2cc3c(cc21)OCO3. The molecule has 3 heterocycles. The van der Waals surface area contributed by atoms with Crippen molar-refractivity contribution in [2.75, 3.05) is 52.0 Å². The Labute approximate surface area is 197 Å². The first-order chi connectivity index (χ1) is 15.9. The van der Waals surface area contributed by atoms with Gasteiger partial charge in [0, 0.05) is 45.0 Å². The van der Waals surface area contributed by atoms with Crippen molar-refractivity contribution < 1.29 is 19.1 Å². The lowest BCUT2D eigenvalue weighted by atomic mass is 10.1. The molecule has 4 rings (SSSR count). The van der Waals surface area contributed by atoms with Crippen LogP contribution in [0.3, 0.4) is 0 Å². The molecular formula is C23H30N4O5S. The van der Waals surface area contributed by atoms with Crippen molar-refractivity contribution in [3.63, 3.8) is 0 Å². The Morgan fingerprint density at radius 1 is 1.15 bits per heavy atom. The van der Waals surface area contributed by atoms with Crippen LogP contribution in [0.25, 0.3) is 10.9 Å². The molecule has 1 aromatic heterocycles. The summed E-state index contributed by atoms with van der Waals surface area (Å²) in [7, 11) is 2.03. The van der Waals surface area contributed by atoms with Crippen molar-refractivity contribution in [3.05, 3.63) is 34.1 Å². The molecular weight excluding hydrogens is 444 g/mol. The molecule has 0 unspecified atom stereocenters. The molecule has 1 atom stereocenters. The highest BCUT2D eigenvalue weighted by atomic mass is 32.2. The quantitative estimate of drug-likeness (QED) is 0.648. The van der Waals surface area contributed by atoms with Crippen molar-refractivity contribution in [1.82, 2.24) is 19.7 Å². The highest BCUT2D eigenvalue weighted by Crippen LogP contribution is 2.35. The minimum absolute atomic E-state index is 0.0172. The van der Waals surface area contributed by atoms with Crippen molar-refractivity contribution in [2.24, 2.45) is 0 Å². The van der Waals surface area contributed by atoms with Crippen LogP contribution in [-0.2, 0) is 11.3 Å². The zero-order valence-electron chi connectivity index (χ0n) is 19.3. The molecule has 1 fully saturated rings. The number of nitrogens with zero attached hydrogens (tertiary/aromatic N) is 3. The van der Waals surface area contributed by atoms with Crippen LogP contribution in [0.1, 0.15) is 23.7 Å². The number of hydrogen-bond acceptors (Lipinski definition) is 7. The van der Waals surface area contributed by atoms with Gasteiger partial charge in [-0.15, -0.1) is 0 Å². The molecule has 178 valence electrons. The lowest BCUT2D eigenvalue weighted by Gasteiger charge is -2.34. The summed E-state index contributed by atoms with van der Waals surface area (Å²) < 4.78 is 12.7. The number of rotatable bonds is 7. The molecule has 2 aliphatic heterocycles. The molecule has 0 aliphatic carbocycles. The Morgan fingerprint density at radius 3 is 2.52 bits per heavy atom. The normalized spacial score (nSPS) is 16.8. The number of aryl methyl sites for hydroxylation is 1. The van der Waals surface area contributed by atoms with Gasteiger partial charge in [-0.3, -0.25) is 14.4 Å². The second-order valence-electron chi connectivity index (χ2n) is 8.32. The number of likely N-dealkylation sites (N-methyl/N-ethyl adjacent to an activating group) is 1. The summed E-state index contributed by atoms with van der Waals surface area (Å²) in [6.07, 6.45) is 4.03. The smallest absolute Gasteiger partial charge is 0.257 e. The molecule has 9 nitrogen and oxygen atoms in total. The van der Waals surface area contributed by atoms with Crippen LogP contribution in [0.15, 0.2) is 23.1 Å². The summed E-state index contributed by atoms with van der Waals surface area (Å²) in [6.45, 7) is 5.47. The lowest BCUT2D eigenvalue weighted by Crippen LogP contribution is -2.54. The number of hydrogen-bond donors (Lipinski definition) is 1. The fourth-order valence-electron chi connectivity index (χ4n) is 4.18. The van der Waals surface area contributed by atoms with Crippen LogP contribution in [0.5, 0.6) is 11.5 Å². The summed E-state index contributed by atoms with van der Waals surface area (Å²) in [5, 5.41) is 3.25. The summed E-state index contributed by atoms with van der Waals surface area (Å²) in [4.78, 5) is 43.7. The number of aromatic nitrogens is 1. The molecule has 0 radical (unpaired) electrons. The summed E-state index contributed by atoms with van der Waals surface area (Å²) in [5.74, 6) is 1.17. The molecule has 10 heteroatoms. The maximum atomic E-state index is 13.3. The van der Waals surface area contributed by atoms with Gasteiger partial charge in [-0.05, 0) is 38.5 Å². The Balaban J connectivity index is 1.63. The standard InChI is InChI=1S/C23H30N4O5S/c1-4-26-13-16(21(28)15-11-19-20(12-18(15)26)32-14-31-19)22(29)24-17(5-10-33-3)23(30)27-8-6-25(2)7-9-27/h11-13,17H,4-10,14H2,1-3H3,(H,24,29)/t17-/m0/s1. The fourth-order valence-corrected chi connectivity index (χ4v) is 4.65. The van der Waals surface area contributed by atoms with Crippen LogP contribution in [-0.4, -0.2) is 84.3 Å². The maximum absolute atomic E-state index is 13.3. The minimum Gasteiger partial charge on any atom is -0.454 e. The summed E-state index contributed by atoms with van der Waals surface area (Å²) >= 11 is 1.62. The predicted molar refractivity (Wildman–Crippen MR) is 128 cm³/mol. The van der Waals surface area contributed by atoms with Crippen molar-refractivity contribution in [3.8, 4) is 11.5 Å². The van der Waals surface area contributed by atoms with Crippen LogP contribution in [0.4, 0.5) is 0 Å². The second kappa shape index (κ2) is 10.0. The van der Waals surface area contributed by atoms with E-state index < -0.39 is 11.9 Å². The van der Waals surface area contributed by atoms with Gasteiger partial charge in [0.15, 0.2) is 11.5 Å². The lowest BCUT2D eigenvalue weighted by molar-refractivity contribution is -0.134. The van der Waals surface area contributed by atoms with Crippen LogP contribution in [0.2, 0.25) is 0 Å². The molecule has 1 aromatic carbocycles. The number of carbonyl (C=O) groups excluding carboxylic acids is 2. The number of ether oxygens (including phenoxy) is 2. The third-order valence-electron chi connectivity index (χ3n) is 6.19. The van der Waals surface area contributed by atoms with Gasteiger partial charge in [-0.25, -0.2) is 0 Å². The largest absolute Gasteiger partial charge is 0.454 e. The highest BCUT2D eigenvalue weighted by molar-refractivity contribution is 7.98. The van der Waals surface area contributed by atoms with Crippen LogP contribution in [0, 0.1) is 0 Å². The molecule has 1 N–H and O–H groups in total. The van der Waals surface area contributed by atoms with Gasteiger partial charge in [0.1, 0.15) is 11.6 Å². The molecule has 2 amide bonds. The molecule has 33 heavy (non-hydrogen) atoms. The molecule has 1 saturated heterocycles. The Hall–Kier alpha value is -2.72. The van der Waals surface area contributed by atoms with E-state index in [1.54, 1.807) is 35.0 Å². The first-order valence-corrected chi connectivity index (χ1v) is 12.6. The average Bonchev–Trinajstić information content (AvgIpc) is 3.28. The Morgan fingerprint density at radius 2 is 1.85 bits per heavy atom. The van der Waals surface area contributed by atoms with Gasteiger partial charge in [0.05, 0.1) is 10.9 Å². The number of thioether (sulfide) groups is 1. The van der Waals surface area contributed by atoms with Crippen molar-refractivity contribution >= 4 is 34.5 Å².